The lowest BCUT2D eigenvalue weighted by Gasteiger charge is -2.21. The summed E-state index contributed by atoms with van der Waals surface area (Å²) in [6.07, 6.45) is 0.953. The van der Waals surface area contributed by atoms with Gasteiger partial charge < -0.3 is 20.2 Å². The molecule has 2 amide bonds. The molecule has 1 saturated heterocycles. The molecule has 1 heterocycles. The van der Waals surface area contributed by atoms with Gasteiger partial charge in [-0.3, -0.25) is 0 Å². The van der Waals surface area contributed by atoms with Crippen LogP contribution in [-0.2, 0) is 0 Å². The van der Waals surface area contributed by atoms with E-state index in [9.17, 15) is 9.59 Å². The number of carboxylic acid groups (broad SMARTS) is 1. The monoisotopic (exact) mass is 291 g/mol. The van der Waals surface area contributed by atoms with Crippen molar-refractivity contribution in [2.75, 3.05) is 32.5 Å². The molecule has 114 valence electrons. The quantitative estimate of drug-likeness (QED) is 0.891. The Balaban J connectivity index is 2.07. The van der Waals surface area contributed by atoms with Crippen molar-refractivity contribution in [3.8, 4) is 0 Å². The number of rotatable bonds is 3. The number of hydrogen-bond donors (Lipinski definition) is 2. The van der Waals surface area contributed by atoms with Crippen molar-refractivity contribution in [2.24, 2.45) is 0 Å². The molecule has 1 aliphatic rings. The Morgan fingerprint density at radius 1 is 1.38 bits per heavy atom. The number of anilines is 1. The Morgan fingerprint density at radius 2 is 2.10 bits per heavy atom. The molecule has 1 aliphatic heterocycles. The van der Waals surface area contributed by atoms with Crippen molar-refractivity contribution in [3.05, 3.63) is 29.3 Å². The highest BCUT2D eigenvalue weighted by molar-refractivity contribution is 5.95. The summed E-state index contributed by atoms with van der Waals surface area (Å²) in [5.41, 5.74) is 1.33. The largest absolute Gasteiger partial charge is 0.478 e. The van der Waals surface area contributed by atoms with Crippen LogP contribution >= 0.6 is 0 Å². The molecule has 21 heavy (non-hydrogen) atoms. The molecule has 6 heteroatoms. The van der Waals surface area contributed by atoms with E-state index in [4.69, 9.17) is 5.11 Å². The molecule has 1 unspecified atom stereocenters. The number of urea groups is 1. The summed E-state index contributed by atoms with van der Waals surface area (Å²) in [6.45, 7) is 3.11. The van der Waals surface area contributed by atoms with Gasteiger partial charge in [0.1, 0.15) is 0 Å². The minimum Gasteiger partial charge on any atom is -0.478 e. The molecular weight excluding hydrogens is 270 g/mol. The number of carboxylic acids is 1. The molecule has 1 aromatic carbocycles. The normalized spacial score (nSPS) is 18.1. The van der Waals surface area contributed by atoms with E-state index >= 15 is 0 Å². The Morgan fingerprint density at radius 3 is 2.67 bits per heavy atom. The maximum Gasteiger partial charge on any atom is 0.336 e. The summed E-state index contributed by atoms with van der Waals surface area (Å²) in [5.74, 6) is -0.988. The Kier molecular flexibility index (Phi) is 4.47. The second kappa shape index (κ2) is 6.13. The minimum absolute atomic E-state index is 0.176. The van der Waals surface area contributed by atoms with Crippen molar-refractivity contribution >= 4 is 17.7 Å². The van der Waals surface area contributed by atoms with E-state index in [2.05, 4.69) is 10.2 Å². The lowest BCUT2D eigenvalue weighted by molar-refractivity contribution is 0.0696. The molecular formula is C15H21N3O3. The first-order chi connectivity index (χ1) is 9.90. The summed E-state index contributed by atoms with van der Waals surface area (Å²) in [7, 11) is 4.01. The third-order valence-corrected chi connectivity index (χ3v) is 3.99. The van der Waals surface area contributed by atoms with Crippen molar-refractivity contribution in [1.82, 2.24) is 9.80 Å². The summed E-state index contributed by atoms with van der Waals surface area (Å²) in [6, 6.07) is 5.09. The smallest absolute Gasteiger partial charge is 0.336 e. The molecule has 0 spiro atoms. The SMILES string of the molecule is Cc1c(NC(=O)N2CCC(N(C)C)C2)cccc1C(=O)O. The van der Waals surface area contributed by atoms with E-state index in [-0.39, 0.29) is 11.6 Å². The zero-order valence-corrected chi connectivity index (χ0v) is 12.6. The van der Waals surface area contributed by atoms with Gasteiger partial charge in [-0.15, -0.1) is 0 Å². The predicted octanol–water partition coefficient (Wildman–Crippen LogP) is 1.86. The first-order valence-electron chi connectivity index (χ1n) is 6.95. The second-order valence-corrected chi connectivity index (χ2v) is 5.57. The minimum atomic E-state index is -0.988. The fraction of sp³-hybridized carbons (Fsp3) is 0.467. The van der Waals surface area contributed by atoms with E-state index in [1.165, 1.54) is 6.07 Å². The van der Waals surface area contributed by atoms with Crippen LogP contribution in [-0.4, -0.2) is 60.1 Å². The van der Waals surface area contributed by atoms with Gasteiger partial charge in [-0.05, 0) is 45.1 Å². The number of aromatic carboxylic acids is 1. The van der Waals surface area contributed by atoms with Gasteiger partial charge in [0.05, 0.1) is 5.56 Å². The van der Waals surface area contributed by atoms with Crippen LogP contribution in [0.5, 0.6) is 0 Å². The third-order valence-electron chi connectivity index (χ3n) is 3.99. The van der Waals surface area contributed by atoms with Crippen LogP contribution in [0.25, 0.3) is 0 Å². The summed E-state index contributed by atoms with van der Waals surface area (Å²) >= 11 is 0. The van der Waals surface area contributed by atoms with E-state index in [1.807, 2.05) is 14.1 Å². The second-order valence-electron chi connectivity index (χ2n) is 5.57. The number of hydrogen-bond acceptors (Lipinski definition) is 3. The van der Waals surface area contributed by atoms with Crippen LogP contribution < -0.4 is 5.32 Å². The number of benzene rings is 1. The first-order valence-corrected chi connectivity index (χ1v) is 6.95. The van der Waals surface area contributed by atoms with Crippen molar-refractivity contribution < 1.29 is 14.7 Å². The van der Waals surface area contributed by atoms with Gasteiger partial charge in [0.15, 0.2) is 0 Å². The molecule has 2 rings (SSSR count). The molecule has 6 nitrogen and oxygen atoms in total. The van der Waals surface area contributed by atoms with Crippen molar-refractivity contribution in [2.45, 2.75) is 19.4 Å². The molecule has 0 bridgehead atoms. The molecule has 0 radical (unpaired) electrons. The molecule has 0 aliphatic carbocycles. The highest BCUT2D eigenvalue weighted by Gasteiger charge is 2.27. The molecule has 1 fully saturated rings. The molecule has 1 aromatic rings. The fourth-order valence-corrected chi connectivity index (χ4v) is 2.54. The number of nitrogens with zero attached hydrogens (tertiary/aromatic N) is 2. The van der Waals surface area contributed by atoms with Gasteiger partial charge in [0.25, 0.3) is 0 Å². The van der Waals surface area contributed by atoms with E-state index < -0.39 is 5.97 Å². The molecule has 2 N–H and O–H groups in total. The van der Waals surface area contributed by atoms with Crippen LogP contribution in [0, 0.1) is 6.92 Å². The zero-order valence-electron chi connectivity index (χ0n) is 12.6. The molecule has 0 saturated carbocycles. The summed E-state index contributed by atoms with van der Waals surface area (Å²) < 4.78 is 0. The molecule has 1 atom stereocenters. The molecule has 0 aromatic heterocycles. The lowest BCUT2D eigenvalue weighted by Crippen LogP contribution is -2.37. The van der Waals surface area contributed by atoms with Crippen LogP contribution in [0.3, 0.4) is 0 Å². The van der Waals surface area contributed by atoms with Crippen LogP contribution in [0.2, 0.25) is 0 Å². The Bertz CT molecular complexity index is 557. The van der Waals surface area contributed by atoms with Crippen LogP contribution in [0.15, 0.2) is 18.2 Å². The predicted molar refractivity (Wildman–Crippen MR) is 80.8 cm³/mol. The van der Waals surface area contributed by atoms with Gasteiger partial charge in [0, 0.05) is 24.8 Å². The van der Waals surface area contributed by atoms with E-state index in [1.54, 1.807) is 24.0 Å². The zero-order chi connectivity index (χ0) is 15.6. The van der Waals surface area contributed by atoms with Crippen molar-refractivity contribution in [1.29, 1.82) is 0 Å². The van der Waals surface area contributed by atoms with Gasteiger partial charge in [-0.2, -0.15) is 0 Å². The lowest BCUT2D eigenvalue weighted by atomic mass is 10.1. The first kappa shape index (κ1) is 15.3. The maximum atomic E-state index is 12.3. The highest BCUT2D eigenvalue weighted by Crippen LogP contribution is 2.21. The number of carbonyl (C=O) groups is 2. The van der Waals surface area contributed by atoms with Gasteiger partial charge in [-0.1, -0.05) is 6.07 Å². The Hall–Kier alpha value is -2.08. The number of nitrogens with one attached hydrogen (secondary N) is 1. The summed E-state index contributed by atoms with van der Waals surface area (Å²) in [5, 5.41) is 11.9. The van der Waals surface area contributed by atoms with Crippen LogP contribution in [0.1, 0.15) is 22.3 Å². The number of likely N-dealkylation sites (N-methyl/N-ethyl adjacent to an activating group) is 1. The van der Waals surface area contributed by atoms with Gasteiger partial charge in [0.2, 0.25) is 0 Å². The standard InChI is InChI=1S/C15H21N3O3/c1-10-12(14(19)20)5-4-6-13(10)16-15(21)18-8-7-11(9-18)17(2)3/h4-6,11H,7-9H2,1-3H3,(H,16,21)(H,19,20). The Labute approximate surface area is 124 Å². The van der Waals surface area contributed by atoms with Gasteiger partial charge >= 0.3 is 12.0 Å². The van der Waals surface area contributed by atoms with E-state index in [0.29, 0.717) is 30.4 Å². The average Bonchev–Trinajstić information content (AvgIpc) is 2.90. The van der Waals surface area contributed by atoms with Crippen LogP contribution in [0.4, 0.5) is 10.5 Å². The van der Waals surface area contributed by atoms with E-state index in [0.717, 1.165) is 6.42 Å². The average molecular weight is 291 g/mol. The third kappa shape index (κ3) is 3.33. The van der Waals surface area contributed by atoms with Gasteiger partial charge in [-0.25, -0.2) is 9.59 Å². The maximum absolute atomic E-state index is 12.3. The highest BCUT2D eigenvalue weighted by atomic mass is 16.4. The fourth-order valence-electron chi connectivity index (χ4n) is 2.54. The number of carbonyl (C=O) groups excluding carboxylic acids is 1. The van der Waals surface area contributed by atoms with Crippen molar-refractivity contribution in [3.63, 3.8) is 0 Å². The summed E-state index contributed by atoms with van der Waals surface area (Å²) in [4.78, 5) is 27.2. The topological polar surface area (TPSA) is 72.9 Å². The number of likely N-dealkylation sites (tertiary alicyclic amines) is 1. The number of amides is 2.